The van der Waals surface area contributed by atoms with Gasteiger partial charge in [0.05, 0.1) is 0 Å². The highest BCUT2D eigenvalue weighted by Crippen LogP contribution is 2.46. The third-order valence-electron chi connectivity index (χ3n) is 3.13. The standard InChI is InChI=1S/C12H18N4O2S/c1-11(2,3)9-15-16-10(19-9)14-8(18)12(5-6-12)7(17)13-4/h5-6H2,1-4H3,(H,13,17)(H,14,16,18). The van der Waals surface area contributed by atoms with Crippen LogP contribution in [0.2, 0.25) is 0 Å². The fraction of sp³-hybridized carbons (Fsp3) is 0.667. The lowest BCUT2D eigenvalue weighted by atomic mass is 9.98. The second kappa shape index (κ2) is 4.56. The van der Waals surface area contributed by atoms with Crippen molar-refractivity contribution in [2.24, 2.45) is 5.41 Å². The number of rotatable bonds is 3. The van der Waals surface area contributed by atoms with E-state index in [1.807, 2.05) is 20.8 Å². The van der Waals surface area contributed by atoms with E-state index in [2.05, 4.69) is 20.8 Å². The van der Waals surface area contributed by atoms with Gasteiger partial charge in [-0.05, 0) is 12.8 Å². The molecule has 0 aliphatic heterocycles. The normalized spacial score (nSPS) is 16.8. The van der Waals surface area contributed by atoms with E-state index >= 15 is 0 Å². The fourth-order valence-corrected chi connectivity index (χ4v) is 2.51. The summed E-state index contributed by atoms with van der Waals surface area (Å²) in [6, 6.07) is 0. The SMILES string of the molecule is CNC(=O)C1(C(=O)Nc2nnc(C(C)(C)C)s2)CC1. The third-order valence-corrected chi connectivity index (χ3v) is 4.40. The van der Waals surface area contributed by atoms with Crippen LogP contribution in [0.15, 0.2) is 0 Å². The Morgan fingerprint density at radius 1 is 1.21 bits per heavy atom. The van der Waals surface area contributed by atoms with Crippen LogP contribution in [0.5, 0.6) is 0 Å². The summed E-state index contributed by atoms with van der Waals surface area (Å²) in [6.45, 7) is 6.10. The lowest BCUT2D eigenvalue weighted by Gasteiger charge is -2.13. The monoisotopic (exact) mass is 282 g/mol. The zero-order chi connectivity index (χ0) is 14.3. The van der Waals surface area contributed by atoms with Gasteiger partial charge in [0.1, 0.15) is 10.4 Å². The second-order valence-corrected chi connectivity index (χ2v) is 6.76. The molecule has 0 atom stereocenters. The summed E-state index contributed by atoms with van der Waals surface area (Å²) in [4.78, 5) is 23.8. The van der Waals surface area contributed by atoms with Gasteiger partial charge in [0.2, 0.25) is 16.9 Å². The molecule has 1 aliphatic rings. The molecule has 0 aromatic carbocycles. The molecule has 1 saturated carbocycles. The molecule has 1 aromatic rings. The number of carbonyl (C=O) groups is 2. The van der Waals surface area contributed by atoms with Crippen molar-refractivity contribution < 1.29 is 9.59 Å². The lowest BCUT2D eigenvalue weighted by Crippen LogP contribution is -2.38. The molecule has 2 amide bonds. The van der Waals surface area contributed by atoms with Gasteiger partial charge in [-0.25, -0.2) is 0 Å². The van der Waals surface area contributed by atoms with Crippen molar-refractivity contribution in [3.63, 3.8) is 0 Å². The molecule has 1 aliphatic carbocycles. The Kier molecular flexibility index (Phi) is 3.34. The van der Waals surface area contributed by atoms with Gasteiger partial charge in [-0.1, -0.05) is 32.1 Å². The van der Waals surface area contributed by atoms with Crippen molar-refractivity contribution in [2.45, 2.75) is 39.0 Å². The molecule has 1 fully saturated rings. The van der Waals surface area contributed by atoms with Crippen molar-refractivity contribution in [3.8, 4) is 0 Å². The molecule has 7 heteroatoms. The molecule has 19 heavy (non-hydrogen) atoms. The molecule has 104 valence electrons. The van der Waals surface area contributed by atoms with Gasteiger partial charge in [0.25, 0.3) is 0 Å². The van der Waals surface area contributed by atoms with Crippen LogP contribution in [0.4, 0.5) is 5.13 Å². The molecule has 0 spiro atoms. The summed E-state index contributed by atoms with van der Waals surface area (Å²) in [5.74, 6) is -0.519. The Hall–Kier alpha value is -1.50. The maximum atomic E-state index is 12.1. The summed E-state index contributed by atoms with van der Waals surface area (Å²) in [5, 5.41) is 14.5. The quantitative estimate of drug-likeness (QED) is 0.818. The molecule has 1 aromatic heterocycles. The van der Waals surface area contributed by atoms with E-state index in [4.69, 9.17) is 0 Å². The Bertz CT molecular complexity index is 514. The second-order valence-electron chi connectivity index (χ2n) is 5.78. The van der Waals surface area contributed by atoms with Gasteiger partial charge in [0, 0.05) is 12.5 Å². The van der Waals surface area contributed by atoms with E-state index in [9.17, 15) is 9.59 Å². The van der Waals surface area contributed by atoms with Crippen LogP contribution < -0.4 is 10.6 Å². The molecular weight excluding hydrogens is 264 g/mol. The Morgan fingerprint density at radius 2 is 1.84 bits per heavy atom. The first-order valence-electron chi connectivity index (χ1n) is 6.17. The van der Waals surface area contributed by atoms with Gasteiger partial charge >= 0.3 is 0 Å². The molecule has 6 nitrogen and oxygen atoms in total. The first kappa shape index (κ1) is 13.9. The van der Waals surface area contributed by atoms with Crippen LogP contribution in [0.25, 0.3) is 0 Å². The first-order valence-corrected chi connectivity index (χ1v) is 6.99. The number of aromatic nitrogens is 2. The highest BCUT2D eigenvalue weighted by Gasteiger charge is 2.56. The maximum absolute atomic E-state index is 12.1. The third kappa shape index (κ3) is 2.60. The summed E-state index contributed by atoms with van der Waals surface area (Å²) in [6.07, 6.45) is 1.17. The molecule has 2 rings (SSSR count). The first-order chi connectivity index (χ1) is 8.79. The van der Waals surface area contributed by atoms with Crippen LogP contribution >= 0.6 is 11.3 Å². The zero-order valence-corrected chi connectivity index (χ0v) is 12.3. The zero-order valence-electron chi connectivity index (χ0n) is 11.5. The fourth-order valence-electron chi connectivity index (χ4n) is 1.72. The number of nitrogens with zero attached hydrogens (tertiary/aromatic N) is 2. The lowest BCUT2D eigenvalue weighted by molar-refractivity contribution is -0.134. The largest absolute Gasteiger partial charge is 0.358 e. The van der Waals surface area contributed by atoms with Crippen LogP contribution in [-0.2, 0) is 15.0 Å². The average Bonchev–Trinajstić information content (AvgIpc) is 3.01. The smallest absolute Gasteiger partial charge is 0.241 e. The van der Waals surface area contributed by atoms with E-state index in [1.165, 1.54) is 11.3 Å². The minimum Gasteiger partial charge on any atom is -0.358 e. The molecule has 0 radical (unpaired) electrons. The van der Waals surface area contributed by atoms with Gasteiger partial charge < -0.3 is 5.32 Å². The number of nitrogens with one attached hydrogen (secondary N) is 2. The molecular formula is C12H18N4O2S. The predicted octanol–water partition coefficient (Wildman–Crippen LogP) is 1.30. The highest BCUT2D eigenvalue weighted by molar-refractivity contribution is 7.15. The van der Waals surface area contributed by atoms with E-state index in [-0.39, 0.29) is 17.2 Å². The van der Waals surface area contributed by atoms with Crippen LogP contribution in [-0.4, -0.2) is 29.1 Å². The van der Waals surface area contributed by atoms with Gasteiger partial charge in [-0.15, -0.1) is 10.2 Å². The minimum atomic E-state index is -0.900. The van der Waals surface area contributed by atoms with E-state index in [0.29, 0.717) is 18.0 Å². The van der Waals surface area contributed by atoms with Crippen LogP contribution in [0.1, 0.15) is 38.6 Å². The Balaban J connectivity index is 2.08. The number of carbonyl (C=O) groups excluding carboxylic acids is 2. The summed E-state index contributed by atoms with van der Waals surface area (Å²) >= 11 is 1.35. The molecule has 1 heterocycles. The van der Waals surface area contributed by atoms with Gasteiger partial charge in [-0.2, -0.15) is 0 Å². The number of hydrogen-bond donors (Lipinski definition) is 2. The topological polar surface area (TPSA) is 84.0 Å². The molecule has 0 saturated heterocycles. The van der Waals surface area contributed by atoms with Crippen molar-refractivity contribution in [1.29, 1.82) is 0 Å². The summed E-state index contributed by atoms with van der Waals surface area (Å²) < 4.78 is 0. The minimum absolute atomic E-state index is 0.0985. The summed E-state index contributed by atoms with van der Waals surface area (Å²) in [5.41, 5.74) is -0.999. The van der Waals surface area contributed by atoms with Crippen molar-refractivity contribution in [3.05, 3.63) is 5.01 Å². The number of anilines is 1. The van der Waals surface area contributed by atoms with E-state index in [0.717, 1.165) is 5.01 Å². The maximum Gasteiger partial charge on any atom is 0.241 e. The molecule has 0 bridgehead atoms. The average molecular weight is 282 g/mol. The van der Waals surface area contributed by atoms with Crippen molar-refractivity contribution >= 4 is 28.3 Å². The summed E-state index contributed by atoms with van der Waals surface area (Å²) in [7, 11) is 1.54. The van der Waals surface area contributed by atoms with Crippen molar-refractivity contribution in [1.82, 2.24) is 15.5 Å². The van der Waals surface area contributed by atoms with E-state index < -0.39 is 5.41 Å². The van der Waals surface area contributed by atoms with Gasteiger partial charge in [0.15, 0.2) is 0 Å². The van der Waals surface area contributed by atoms with Gasteiger partial charge in [-0.3, -0.25) is 14.9 Å². The van der Waals surface area contributed by atoms with Crippen LogP contribution in [0.3, 0.4) is 0 Å². The van der Waals surface area contributed by atoms with Crippen molar-refractivity contribution in [2.75, 3.05) is 12.4 Å². The highest BCUT2D eigenvalue weighted by atomic mass is 32.1. The molecule has 2 N–H and O–H groups in total. The van der Waals surface area contributed by atoms with Crippen LogP contribution in [0, 0.1) is 5.41 Å². The Morgan fingerprint density at radius 3 is 2.26 bits per heavy atom. The Labute approximate surface area is 116 Å². The number of hydrogen-bond acceptors (Lipinski definition) is 5. The predicted molar refractivity (Wildman–Crippen MR) is 73.0 cm³/mol. The van der Waals surface area contributed by atoms with E-state index in [1.54, 1.807) is 7.05 Å². The number of amides is 2. The molecule has 0 unspecified atom stereocenters.